The Morgan fingerprint density at radius 2 is 2.11 bits per heavy atom. The average Bonchev–Trinajstić information content (AvgIpc) is 2.87. The molecule has 3 rings (SSSR count). The highest BCUT2D eigenvalue weighted by molar-refractivity contribution is 7.99. The van der Waals surface area contributed by atoms with Gasteiger partial charge < -0.3 is 5.11 Å². The van der Waals surface area contributed by atoms with Gasteiger partial charge in [-0.25, -0.2) is 19.3 Å². The van der Waals surface area contributed by atoms with Gasteiger partial charge in [0, 0.05) is 18.5 Å². The zero-order chi connectivity index (χ0) is 13.2. The van der Waals surface area contributed by atoms with E-state index in [1.807, 2.05) is 18.3 Å². The fourth-order valence-corrected chi connectivity index (χ4v) is 2.25. The second-order valence-electron chi connectivity index (χ2n) is 3.69. The lowest BCUT2D eigenvalue weighted by Crippen LogP contribution is -1.96. The van der Waals surface area contributed by atoms with Crippen molar-refractivity contribution in [2.75, 3.05) is 0 Å². The Balaban J connectivity index is 1.85. The summed E-state index contributed by atoms with van der Waals surface area (Å²) in [4.78, 5) is 19.2. The summed E-state index contributed by atoms with van der Waals surface area (Å²) in [7, 11) is 0. The summed E-state index contributed by atoms with van der Waals surface area (Å²) in [5, 5.41) is 14.3. The average molecular weight is 272 g/mol. The molecule has 3 aromatic heterocycles. The first-order valence-corrected chi connectivity index (χ1v) is 6.21. The van der Waals surface area contributed by atoms with Crippen LogP contribution in [0.25, 0.3) is 5.65 Å². The van der Waals surface area contributed by atoms with Crippen LogP contribution in [0.4, 0.5) is 0 Å². The number of rotatable bonds is 3. The molecule has 0 atom stereocenters. The maximum absolute atomic E-state index is 10.7. The molecule has 0 amide bonds. The molecule has 6 nitrogen and oxygen atoms in total. The fraction of sp³-hybridized carbons (Fsp3) is 0. The molecule has 0 saturated heterocycles. The van der Waals surface area contributed by atoms with E-state index in [2.05, 4.69) is 15.1 Å². The predicted molar refractivity (Wildman–Crippen MR) is 68.3 cm³/mol. The quantitative estimate of drug-likeness (QED) is 0.734. The number of hydrogen-bond acceptors (Lipinski definition) is 5. The van der Waals surface area contributed by atoms with Gasteiger partial charge in [0.25, 0.3) is 0 Å². The third-order valence-electron chi connectivity index (χ3n) is 2.42. The zero-order valence-electron chi connectivity index (χ0n) is 9.59. The summed E-state index contributed by atoms with van der Waals surface area (Å²) in [5.41, 5.74) is 0.927. The van der Waals surface area contributed by atoms with Crippen molar-refractivity contribution in [1.82, 2.24) is 19.6 Å². The lowest BCUT2D eigenvalue weighted by atomic mass is 10.3. The van der Waals surface area contributed by atoms with Gasteiger partial charge in [-0.2, -0.15) is 5.10 Å². The van der Waals surface area contributed by atoms with Crippen LogP contribution in [0.5, 0.6) is 0 Å². The van der Waals surface area contributed by atoms with Gasteiger partial charge in [-0.15, -0.1) is 0 Å². The van der Waals surface area contributed by atoms with Crippen molar-refractivity contribution in [2.24, 2.45) is 0 Å². The minimum atomic E-state index is -0.983. The number of carboxylic acid groups (broad SMARTS) is 1. The molecule has 0 aliphatic heterocycles. The lowest BCUT2D eigenvalue weighted by Gasteiger charge is -2.01. The normalized spacial score (nSPS) is 10.7. The topological polar surface area (TPSA) is 80.4 Å². The van der Waals surface area contributed by atoms with Crippen LogP contribution in [0.2, 0.25) is 0 Å². The number of carbonyl (C=O) groups is 1. The Hall–Kier alpha value is -2.41. The van der Waals surface area contributed by atoms with E-state index in [-0.39, 0.29) is 5.56 Å². The third-order valence-corrected chi connectivity index (χ3v) is 3.31. The van der Waals surface area contributed by atoms with E-state index in [1.54, 1.807) is 16.8 Å². The number of fused-ring (bicyclic) bond motifs is 1. The van der Waals surface area contributed by atoms with E-state index < -0.39 is 5.97 Å². The molecule has 0 spiro atoms. The molecule has 0 aliphatic carbocycles. The lowest BCUT2D eigenvalue weighted by molar-refractivity contribution is 0.0696. The van der Waals surface area contributed by atoms with Crippen LogP contribution in [-0.4, -0.2) is 30.7 Å². The first-order chi connectivity index (χ1) is 9.22. The number of hydrogen-bond donors (Lipinski definition) is 1. The first kappa shape index (κ1) is 11.7. The van der Waals surface area contributed by atoms with E-state index in [9.17, 15) is 4.79 Å². The molecular formula is C12H8N4O2S. The monoisotopic (exact) mass is 272 g/mol. The smallest absolute Gasteiger partial charge is 0.337 e. The van der Waals surface area contributed by atoms with E-state index in [4.69, 9.17) is 5.11 Å². The Morgan fingerprint density at radius 3 is 2.84 bits per heavy atom. The van der Waals surface area contributed by atoms with Crippen LogP contribution in [0, 0.1) is 0 Å². The Labute approximate surface area is 112 Å². The minimum Gasteiger partial charge on any atom is -0.478 e. The molecular weight excluding hydrogens is 264 g/mol. The summed E-state index contributed by atoms with van der Waals surface area (Å²) >= 11 is 1.37. The van der Waals surface area contributed by atoms with Gasteiger partial charge in [-0.1, -0.05) is 0 Å². The summed E-state index contributed by atoms with van der Waals surface area (Å²) in [6.07, 6.45) is 4.83. The molecule has 0 radical (unpaired) electrons. The summed E-state index contributed by atoms with van der Waals surface area (Å²) < 4.78 is 1.67. The van der Waals surface area contributed by atoms with Gasteiger partial charge in [0.2, 0.25) is 0 Å². The number of aromatic carboxylic acids is 1. The molecule has 3 heterocycles. The van der Waals surface area contributed by atoms with E-state index >= 15 is 0 Å². The van der Waals surface area contributed by atoms with E-state index in [1.165, 1.54) is 24.0 Å². The van der Waals surface area contributed by atoms with Gasteiger partial charge in [-0.3, -0.25) is 0 Å². The molecule has 19 heavy (non-hydrogen) atoms. The van der Waals surface area contributed by atoms with Gasteiger partial charge >= 0.3 is 5.97 Å². The van der Waals surface area contributed by atoms with Crippen LogP contribution in [-0.2, 0) is 0 Å². The molecule has 0 saturated carbocycles. The predicted octanol–water partition coefficient (Wildman–Crippen LogP) is 1.97. The summed E-state index contributed by atoms with van der Waals surface area (Å²) in [5.74, 6) is -0.983. The van der Waals surface area contributed by atoms with Gasteiger partial charge in [-0.05, 0) is 30.0 Å². The van der Waals surface area contributed by atoms with Crippen molar-refractivity contribution in [2.45, 2.75) is 10.1 Å². The van der Waals surface area contributed by atoms with Crippen molar-refractivity contribution in [3.8, 4) is 0 Å². The van der Waals surface area contributed by atoms with Crippen molar-refractivity contribution >= 4 is 23.4 Å². The third kappa shape index (κ3) is 2.41. The maximum Gasteiger partial charge on any atom is 0.337 e. The first-order valence-electron chi connectivity index (χ1n) is 5.40. The Kier molecular flexibility index (Phi) is 2.88. The molecule has 0 unspecified atom stereocenters. The SMILES string of the molecule is O=C(O)c1ccc(Sc2ccn3nccc3n2)nc1. The molecule has 0 aromatic carbocycles. The van der Waals surface area contributed by atoms with Crippen molar-refractivity contribution in [3.63, 3.8) is 0 Å². The van der Waals surface area contributed by atoms with E-state index in [0.717, 1.165) is 10.7 Å². The molecule has 7 heteroatoms. The van der Waals surface area contributed by atoms with Crippen molar-refractivity contribution < 1.29 is 9.90 Å². The van der Waals surface area contributed by atoms with Crippen LogP contribution in [0.3, 0.4) is 0 Å². The molecule has 3 aromatic rings. The van der Waals surface area contributed by atoms with Crippen LogP contribution in [0.15, 0.2) is 52.9 Å². The molecule has 1 N–H and O–H groups in total. The van der Waals surface area contributed by atoms with Gasteiger partial charge in [0.15, 0.2) is 5.65 Å². The summed E-state index contributed by atoms with van der Waals surface area (Å²) in [6, 6.07) is 6.83. The Morgan fingerprint density at radius 1 is 1.21 bits per heavy atom. The second-order valence-corrected chi connectivity index (χ2v) is 4.73. The largest absolute Gasteiger partial charge is 0.478 e. The van der Waals surface area contributed by atoms with E-state index in [0.29, 0.717) is 5.03 Å². The van der Waals surface area contributed by atoms with Gasteiger partial charge in [0.1, 0.15) is 10.1 Å². The standard InChI is InChI=1S/C12H8N4O2S/c17-12(18)8-1-2-10(13-7-8)19-11-4-6-16-9(15-11)3-5-14-16/h1-7H,(H,17,18). The molecule has 0 bridgehead atoms. The van der Waals surface area contributed by atoms with Crippen LogP contribution in [0.1, 0.15) is 10.4 Å². The van der Waals surface area contributed by atoms with Crippen molar-refractivity contribution in [3.05, 3.63) is 48.4 Å². The fourth-order valence-electron chi connectivity index (χ4n) is 1.53. The van der Waals surface area contributed by atoms with Gasteiger partial charge in [0.05, 0.1) is 11.8 Å². The van der Waals surface area contributed by atoms with Crippen LogP contribution >= 0.6 is 11.8 Å². The minimum absolute atomic E-state index is 0.170. The number of carboxylic acids is 1. The molecule has 0 fully saturated rings. The highest BCUT2D eigenvalue weighted by Gasteiger charge is 2.05. The highest BCUT2D eigenvalue weighted by atomic mass is 32.2. The number of nitrogens with zero attached hydrogens (tertiary/aromatic N) is 4. The second kappa shape index (κ2) is 4.69. The van der Waals surface area contributed by atoms with Crippen LogP contribution < -0.4 is 0 Å². The number of aromatic nitrogens is 4. The summed E-state index contributed by atoms with van der Waals surface area (Å²) in [6.45, 7) is 0. The molecule has 0 aliphatic rings. The highest BCUT2D eigenvalue weighted by Crippen LogP contribution is 2.24. The molecule has 94 valence electrons. The maximum atomic E-state index is 10.7. The Bertz CT molecular complexity index is 739. The number of pyridine rings is 1. The zero-order valence-corrected chi connectivity index (χ0v) is 10.4. The van der Waals surface area contributed by atoms with Crippen molar-refractivity contribution in [1.29, 1.82) is 0 Å².